The topological polar surface area (TPSA) is 70.6 Å². The van der Waals surface area contributed by atoms with E-state index < -0.39 is 0 Å². The van der Waals surface area contributed by atoms with Crippen molar-refractivity contribution >= 4 is 22.9 Å². The molecule has 0 atom stereocenters. The fraction of sp³-hybridized carbons (Fsp3) is 0.174. The molecule has 1 aliphatic heterocycles. The Bertz CT molecular complexity index is 1260. The lowest BCUT2D eigenvalue weighted by molar-refractivity contribution is 0.0303. The van der Waals surface area contributed by atoms with E-state index in [1.807, 2.05) is 70.2 Å². The third kappa shape index (κ3) is 3.36. The zero-order valence-electron chi connectivity index (χ0n) is 16.1. The van der Waals surface area contributed by atoms with E-state index in [2.05, 4.69) is 11.1 Å². The number of pyridine rings is 1. The molecule has 0 bridgehead atoms. The molecule has 30 heavy (non-hydrogen) atoms. The number of imidazole rings is 1. The van der Waals surface area contributed by atoms with Crippen LogP contribution in [0.5, 0.6) is 0 Å². The summed E-state index contributed by atoms with van der Waals surface area (Å²) in [5.74, 6) is 0.0446. The summed E-state index contributed by atoms with van der Waals surface area (Å²) in [7, 11) is 0. The van der Waals surface area contributed by atoms with Crippen LogP contribution < -0.4 is 0 Å². The van der Waals surface area contributed by atoms with Crippen LogP contribution in [0.3, 0.4) is 0 Å². The fourth-order valence-electron chi connectivity index (χ4n) is 3.62. The Labute approximate surface area is 177 Å². The normalized spacial score (nSPS) is 14.0. The number of carbonyl (C=O) groups excluding carboxylic acids is 1. The van der Waals surface area contributed by atoms with Gasteiger partial charge >= 0.3 is 0 Å². The first-order valence-electron chi connectivity index (χ1n) is 9.68. The second kappa shape index (κ2) is 7.75. The molecule has 7 heteroatoms. The van der Waals surface area contributed by atoms with Crippen LogP contribution in [0, 0.1) is 11.3 Å². The second-order valence-electron chi connectivity index (χ2n) is 7.05. The summed E-state index contributed by atoms with van der Waals surface area (Å²) in [6.07, 6.45) is 3.87. The number of benzene rings is 1. The summed E-state index contributed by atoms with van der Waals surface area (Å²) >= 11 is 1.45. The zero-order valence-corrected chi connectivity index (χ0v) is 16.9. The van der Waals surface area contributed by atoms with Crippen LogP contribution >= 0.6 is 11.3 Å². The van der Waals surface area contributed by atoms with E-state index >= 15 is 0 Å². The van der Waals surface area contributed by atoms with Gasteiger partial charge < -0.3 is 9.64 Å². The van der Waals surface area contributed by atoms with Gasteiger partial charge in [-0.05, 0) is 47.5 Å². The van der Waals surface area contributed by atoms with E-state index in [-0.39, 0.29) is 5.91 Å². The summed E-state index contributed by atoms with van der Waals surface area (Å²) in [6.45, 7) is 2.46. The average Bonchev–Trinajstić information content (AvgIpc) is 3.45. The summed E-state index contributed by atoms with van der Waals surface area (Å²) in [4.78, 5) is 20.6. The number of nitrogens with zero attached hydrogens (tertiary/aromatic N) is 4. The Hall–Kier alpha value is -3.47. The van der Waals surface area contributed by atoms with Gasteiger partial charge in [0.2, 0.25) is 0 Å². The number of nitriles is 1. The molecule has 148 valence electrons. The maximum atomic E-state index is 12.7. The lowest BCUT2D eigenvalue weighted by Crippen LogP contribution is -2.40. The van der Waals surface area contributed by atoms with Gasteiger partial charge in [-0.15, -0.1) is 11.3 Å². The zero-order chi connectivity index (χ0) is 20.5. The number of hydrogen-bond donors (Lipinski definition) is 0. The molecule has 0 unspecified atom stereocenters. The SMILES string of the molecule is N#Cc1ccc(-c2cnc3ccc(-c4ccc(C(=O)N5CCOCC5)cc4)cn23)s1. The number of morpholine rings is 1. The summed E-state index contributed by atoms with van der Waals surface area (Å²) in [5.41, 5.74) is 4.55. The first-order valence-corrected chi connectivity index (χ1v) is 10.5. The highest BCUT2D eigenvalue weighted by Gasteiger charge is 2.18. The molecule has 1 saturated heterocycles. The quantitative estimate of drug-likeness (QED) is 0.507. The first-order chi connectivity index (χ1) is 14.7. The van der Waals surface area contributed by atoms with Gasteiger partial charge in [0.25, 0.3) is 5.91 Å². The third-order valence-electron chi connectivity index (χ3n) is 5.24. The molecule has 5 rings (SSSR count). The van der Waals surface area contributed by atoms with Crippen LogP contribution in [0.4, 0.5) is 0 Å². The van der Waals surface area contributed by atoms with Crippen LogP contribution in [0.25, 0.3) is 27.3 Å². The summed E-state index contributed by atoms with van der Waals surface area (Å²) in [6, 6.07) is 17.7. The van der Waals surface area contributed by atoms with Gasteiger partial charge in [-0.1, -0.05) is 12.1 Å². The molecule has 4 aromatic rings. The number of ether oxygens (including phenoxy) is 1. The summed E-state index contributed by atoms with van der Waals surface area (Å²) < 4.78 is 7.36. The van der Waals surface area contributed by atoms with Gasteiger partial charge in [-0.25, -0.2) is 4.98 Å². The maximum absolute atomic E-state index is 12.7. The van der Waals surface area contributed by atoms with Crippen LogP contribution in [-0.2, 0) is 4.74 Å². The van der Waals surface area contributed by atoms with Gasteiger partial charge in [-0.2, -0.15) is 5.26 Å². The minimum atomic E-state index is 0.0446. The van der Waals surface area contributed by atoms with Crippen molar-refractivity contribution in [3.8, 4) is 27.8 Å². The Morgan fingerprint density at radius 2 is 1.80 bits per heavy atom. The Kier molecular flexibility index (Phi) is 4.79. The fourth-order valence-corrected chi connectivity index (χ4v) is 4.43. The van der Waals surface area contributed by atoms with Crippen molar-refractivity contribution in [3.05, 3.63) is 71.4 Å². The molecule has 4 heterocycles. The van der Waals surface area contributed by atoms with Gasteiger partial charge in [0.05, 0.1) is 30.0 Å². The van der Waals surface area contributed by atoms with Crippen LogP contribution in [0.15, 0.2) is 60.9 Å². The van der Waals surface area contributed by atoms with E-state index in [4.69, 9.17) is 10.00 Å². The maximum Gasteiger partial charge on any atom is 0.254 e. The van der Waals surface area contributed by atoms with Crippen molar-refractivity contribution in [2.24, 2.45) is 0 Å². The first kappa shape index (κ1) is 18.6. The molecular weight excluding hydrogens is 396 g/mol. The number of hydrogen-bond acceptors (Lipinski definition) is 5. The number of rotatable bonds is 3. The van der Waals surface area contributed by atoms with Crippen LogP contribution in [-0.4, -0.2) is 46.5 Å². The van der Waals surface area contributed by atoms with Crippen molar-refractivity contribution in [2.45, 2.75) is 0 Å². The molecule has 0 N–H and O–H groups in total. The number of carbonyl (C=O) groups is 1. The highest BCUT2D eigenvalue weighted by atomic mass is 32.1. The van der Waals surface area contributed by atoms with E-state index in [1.54, 1.807) is 0 Å². The smallest absolute Gasteiger partial charge is 0.254 e. The third-order valence-corrected chi connectivity index (χ3v) is 6.25. The lowest BCUT2D eigenvalue weighted by atomic mass is 10.0. The van der Waals surface area contributed by atoms with E-state index in [0.29, 0.717) is 36.7 Å². The molecule has 1 amide bonds. The van der Waals surface area contributed by atoms with Gasteiger partial charge in [0.1, 0.15) is 16.6 Å². The van der Waals surface area contributed by atoms with Gasteiger partial charge in [-0.3, -0.25) is 9.20 Å². The van der Waals surface area contributed by atoms with E-state index in [1.165, 1.54) is 11.3 Å². The van der Waals surface area contributed by atoms with Crippen molar-refractivity contribution in [3.63, 3.8) is 0 Å². The highest BCUT2D eigenvalue weighted by molar-refractivity contribution is 7.15. The van der Waals surface area contributed by atoms with Crippen molar-refractivity contribution in [1.29, 1.82) is 5.26 Å². The molecule has 0 radical (unpaired) electrons. The standard InChI is InChI=1S/C23H18N4O2S/c24-13-19-6-7-21(30-19)20-14-25-22-8-5-18(15-27(20)22)16-1-3-17(4-2-16)23(28)26-9-11-29-12-10-26/h1-8,14-15H,9-12H2. The molecule has 6 nitrogen and oxygen atoms in total. The number of aromatic nitrogens is 2. The predicted octanol–water partition coefficient (Wildman–Crippen LogP) is 4.07. The molecular formula is C23H18N4O2S. The largest absolute Gasteiger partial charge is 0.378 e. The Morgan fingerprint density at radius 1 is 1.03 bits per heavy atom. The van der Waals surface area contributed by atoms with Crippen molar-refractivity contribution in [1.82, 2.24) is 14.3 Å². The van der Waals surface area contributed by atoms with E-state index in [9.17, 15) is 4.79 Å². The Balaban J connectivity index is 1.45. The predicted molar refractivity (Wildman–Crippen MR) is 115 cm³/mol. The number of amides is 1. The molecule has 3 aromatic heterocycles. The van der Waals surface area contributed by atoms with Gasteiger partial charge in [0.15, 0.2) is 0 Å². The van der Waals surface area contributed by atoms with Crippen molar-refractivity contribution < 1.29 is 9.53 Å². The van der Waals surface area contributed by atoms with Gasteiger partial charge in [0, 0.05) is 24.8 Å². The minimum absolute atomic E-state index is 0.0446. The molecule has 0 saturated carbocycles. The van der Waals surface area contributed by atoms with Crippen molar-refractivity contribution in [2.75, 3.05) is 26.3 Å². The van der Waals surface area contributed by atoms with E-state index in [0.717, 1.165) is 27.3 Å². The number of fused-ring (bicyclic) bond motifs is 1. The highest BCUT2D eigenvalue weighted by Crippen LogP contribution is 2.30. The molecule has 0 spiro atoms. The lowest BCUT2D eigenvalue weighted by Gasteiger charge is -2.26. The Morgan fingerprint density at radius 3 is 2.53 bits per heavy atom. The summed E-state index contributed by atoms with van der Waals surface area (Å²) in [5, 5.41) is 9.10. The number of thiophene rings is 1. The molecule has 1 fully saturated rings. The monoisotopic (exact) mass is 414 g/mol. The molecule has 1 aromatic carbocycles. The second-order valence-corrected chi connectivity index (χ2v) is 8.13. The van der Waals surface area contributed by atoms with Crippen LogP contribution in [0.1, 0.15) is 15.2 Å². The molecule has 0 aliphatic carbocycles. The average molecular weight is 414 g/mol. The minimum Gasteiger partial charge on any atom is -0.378 e. The molecule has 1 aliphatic rings. The van der Waals surface area contributed by atoms with Crippen LogP contribution in [0.2, 0.25) is 0 Å².